The number of hydrogen-bond acceptors (Lipinski definition) is 2. The third kappa shape index (κ3) is 3.87. The zero-order valence-corrected chi connectivity index (χ0v) is 11.2. The third-order valence-electron chi connectivity index (χ3n) is 2.58. The minimum Gasteiger partial charge on any atom is -0.480 e. The molecule has 1 aromatic rings. The van der Waals surface area contributed by atoms with Crippen molar-refractivity contribution in [2.24, 2.45) is 0 Å². The Bertz CT molecular complexity index is 409. The Morgan fingerprint density at radius 1 is 1.47 bits per heavy atom. The molecule has 0 amide bonds. The molecule has 0 saturated carbocycles. The Labute approximate surface area is 111 Å². The maximum Gasteiger partial charge on any atom is 0.325 e. The first kappa shape index (κ1) is 14.3. The summed E-state index contributed by atoms with van der Waals surface area (Å²) in [5.41, 5.74) is 0.493. The quantitative estimate of drug-likeness (QED) is 0.865. The van der Waals surface area contributed by atoms with E-state index in [1.165, 1.54) is 0 Å². The number of carboxylic acid groups (broad SMARTS) is 1. The summed E-state index contributed by atoms with van der Waals surface area (Å²) in [5, 5.41) is 13.1. The fourth-order valence-corrected chi connectivity index (χ4v) is 1.84. The summed E-state index contributed by atoms with van der Waals surface area (Å²) in [6.45, 7) is 3.91. The van der Waals surface area contributed by atoms with E-state index in [0.717, 1.165) is 6.42 Å². The van der Waals surface area contributed by atoms with E-state index < -0.39 is 12.0 Å². The number of rotatable bonds is 5. The molecule has 17 heavy (non-hydrogen) atoms. The third-order valence-corrected chi connectivity index (χ3v) is 3.16. The molecule has 0 fully saturated rings. The van der Waals surface area contributed by atoms with Gasteiger partial charge in [-0.25, -0.2) is 0 Å². The lowest BCUT2D eigenvalue weighted by atomic mass is 10.1. The van der Waals surface area contributed by atoms with Gasteiger partial charge in [0.05, 0.1) is 0 Å². The highest BCUT2D eigenvalue weighted by Gasteiger charge is 2.23. The molecular formula is C12H15Cl2NO2. The predicted octanol–water partition coefficient (Wildman–Crippen LogP) is 3.51. The van der Waals surface area contributed by atoms with Gasteiger partial charge in [-0.2, -0.15) is 0 Å². The molecule has 0 aliphatic rings. The van der Waals surface area contributed by atoms with Gasteiger partial charge in [0.15, 0.2) is 0 Å². The molecule has 2 N–H and O–H groups in total. The zero-order chi connectivity index (χ0) is 13.0. The number of aliphatic carboxylic acids is 1. The fraction of sp³-hybridized carbons (Fsp3) is 0.417. The van der Waals surface area contributed by atoms with Crippen LogP contribution in [0, 0.1) is 0 Å². The zero-order valence-electron chi connectivity index (χ0n) is 9.71. The van der Waals surface area contributed by atoms with Gasteiger partial charge in [-0.1, -0.05) is 30.1 Å². The second-order valence-corrected chi connectivity index (χ2v) is 4.76. The summed E-state index contributed by atoms with van der Waals surface area (Å²) >= 11 is 11.9. The van der Waals surface area contributed by atoms with E-state index in [2.05, 4.69) is 5.32 Å². The van der Waals surface area contributed by atoms with E-state index >= 15 is 0 Å². The van der Waals surface area contributed by atoms with E-state index in [-0.39, 0.29) is 6.04 Å². The van der Waals surface area contributed by atoms with Crippen LogP contribution < -0.4 is 5.32 Å². The van der Waals surface area contributed by atoms with Crippen LogP contribution in [0.4, 0.5) is 0 Å². The van der Waals surface area contributed by atoms with Crippen LogP contribution in [0.15, 0.2) is 18.2 Å². The molecule has 2 atom stereocenters. The second-order valence-electron chi connectivity index (χ2n) is 3.91. The Hall–Kier alpha value is -0.770. The SMILES string of the molecule is CCC(C)NC(C(=O)O)c1cc(Cl)ccc1Cl. The molecule has 0 aliphatic heterocycles. The van der Waals surface area contributed by atoms with Crippen LogP contribution in [0.25, 0.3) is 0 Å². The minimum atomic E-state index is -0.963. The normalized spacial score (nSPS) is 14.4. The van der Waals surface area contributed by atoms with Crippen molar-refractivity contribution in [3.8, 4) is 0 Å². The van der Waals surface area contributed by atoms with Crippen molar-refractivity contribution in [3.05, 3.63) is 33.8 Å². The summed E-state index contributed by atoms with van der Waals surface area (Å²) in [6.07, 6.45) is 0.835. The summed E-state index contributed by atoms with van der Waals surface area (Å²) in [7, 11) is 0. The first-order chi connectivity index (χ1) is 7.95. The van der Waals surface area contributed by atoms with E-state index in [0.29, 0.717) is 15.6 Å². The lowest BCUT2D eigenvalue weighted by Gasteiger charge is -2.20. The van der Waals surface area contributed by atoms with Crippen molar-refractivity contribution in [2.75, 3.05) is 0 Å². The van der Waals surface area contributed by atoms with Gasteiger partial charge in [-0.05, 0) is 31.5 Å². The number of carboxylic acids is 1. The number of halogens is 2. The van der Waals surface area contributed by atoms with Crippen LogP contribution in [-0.4, -0.2) is 17.1 Å². The molecule has 5 heteroatoms. The van der Waals surface area contributed by atoms with Gasteiger partial charge in [0, 0.05) is 21.7 Å². The minimum absolute atomic E-state index is 0.0890. The fourth-order valence-electron chi connectivity index (χ4n) is 1.43. The lowest BCUT2D eigenvalue weighted by Crippen LogP contribution is -2.35. The Kier molecular flexibility index (Phi) is 5.25. The predicted molar refractivity (Wildman–Crippen MR) is 69.7 cm³/mol. The largest absolute Gasteiger partial charge is 0.480 e. The summed E-state index contributed by atoms with van der Waals surface area (Å²) in [4.78, 5) is 11.3. The monoisotopic (exact) mass is 275 g/mol. The van der Waals surface area contributed by atoms with Gasteiger partial charge in [0.2, 0.25) is 0 Å². The van der Waals surface area contributed by atoms with E-state index in [1.807, 2.05) is 13.8 Å². The maximum atomic E-state index is 11.3. The van der Waals surface area contributed by atoms with Crippen molar-refractivity contribution in [2.45, 2.75) is 32.4 Å². The van der Waals surface area contributed by atoms with E-state index in [1.54, 1.807) is 18.2 Å². The molecule has 1 rings (SSSR count). The molecule has 0 saturated heterocycles. The molecule has 0 aromatic heterocycles. The van der Waals surface area contributed by atoms with E-state index in [4.69, 9.17) is 23.2 Å². The van der Waals surface area contributed by atoms with Gasteiger partial charge < -0.3 is 5.11 Å². The Morgan fingerprint density at radius 2 is 2.12 bits per heavy atom. The van der Waals surface area contributed by atoms with Crippen LogP contribution >= 0.6 is 23.2 Å². The second kappa shape index (κ2) is 6.24. The Morgan fingerprint density at radius 3 is 2.65 bits per heavy atom. The highest BCUT2D eigenvalue weighted by atomic mass is 35.5. The first-order valence-corrected chi connectivity index (χ1v) is 6.15. The molecule has 0 radical (unpaired) electrons. The van der Waals surface area contributed by atoms with Crippen molar-refractivity contribution >= 4 is 29.2 Å². The summed E-state index contributed by atoms with van der Waals surface area (Å²) in [5.74, 6) is -0.963. The van der Waals surface area contributed by atoms with Crippen LogP contribution in [0.1, 0.15) is 31.9 Å². The average molecular weight is 276 g/mol. The smallest absolute Gasteiger partial charge is 0.325 e. The van der Waals surface area contributed by atoms with E-state index in [9.17, 15) is 9.90 Å². The number of nitrogens with one attached hydrogen (secondary N) is 1. The van der Waals surface area contributed by atoms with Crippen molar-refractivity contribution in [3.63, 3.8) is 0 Å². The first-order valence-electron chi connectivity index (χ1n) is 5.39. The molecular weight excluding hydrogens is 261 g/mol. The number of carbonyl (C=O) groups is 1. The summed E-state index contributed by atoms with van der Waals surface area (Å²) in [6, 6.07) is 4.07. The topological polar surface area (TPSA) is 49.3 Å². The highest BCUT2D eigenvalue weighted by Crippen LogP contribution is 2.27. The standard InChI is InChI=1S/C12H15Cl2NO2/c1-3-7(2)15-11(12(16)17)9-6-8(13)4-5-10(9)14/h4-7,11,15H,3H2,1-2H3,(H,16,17). The van der Waals surface area contributed by atoms with Crippen LogP contribution in [-0.2, 0) is 4.79 Å². The molecule has 0 spiro atoms. The van der Waals surface area contributed by atoms with Gasteiger partial charge in [0.25, 0.3) is 0 Å². The van der Waals surface area contributed by atoms with Crippen LogP contribution in [0.5, 0.6) is 0 Å². The highest BCUT2D eigenvalue weighted by molar-refractivity contribution is 6.33. The van der Waals surface area contributed by atoms with Crippen molar-refractivity contribution < 1.29 is 9.90 Å². The lowest BCUT2D eigenvalue weighted by molar-refractivity contribution is -0.139. The molecule has 0 bridgehead atoms. The van der Waals surface area contributed by atoms with Gasteiger partial charge >= 0.3 is 5.97 Å². The molecule has 2 unspecified atom stereocenters. The average Bonchev–Trinajstić information content (AvgIpc) is 2.28. The molecule has 3 nitrogen and oxygen atoms in total. The van der Waals surface area contributed by atoms with Crippen LogP contribution in [0.3, 0.4) is 0 Å². The molecule has 0 heterocycles. The Balaban J connectivity index is 3.05. The molecule has 94 valence electrons. The summed E-state index contributed by atoms with van der Waals surface area (Å²) < 4.78 is 0. The van der Waals surface area contributed by atoms with Crippen molar-refractivity contribution in [1.29, 1.82) is 0 Å². The molecule has 1 aromatic carbocycles. The molecule has 0 aliphatic carbocycles. The van der Waals surface area contributed by atoms with Gasteiger partial charge in [0.1, 0.15) is 6.04 Å². The van der Waals surface area contributed by atoms with Gasteiger partial charge in [-0.15, -0.1) is 0 Å². The number of hydrogen-bond donors (Lipinski definition) is 2. The van der Waals surface area contributed by atoms with Crippen molar-refractivity contribution in [1.82, 2.24) is 5.32 Å². The van der Waals surface area contributed by atoms with Crippen LogP contribution in [0.2, 0.25) is 10.0 Å². The number of benzene rings is 1. The maximum absolute atomic E-state index is 11.3. The van der Waals surface area contributed by atoms with Gasteiger partial charge in [-0.3, -0.25) is 10.1 Å².